The van der Waals surface area contributed by atoms with Crippen molar-refractivity contribution in [2.75, 3.05) is 26.6 Å². The maximum Gasteiger partial charge on any atom is 0.269 e. The van der Waals surface area contributed by atoms with Crippen LogP contribution in [0.3, 0.4) is 0 Å². The highest BCUT2D eigenvalue weighted by Gasteiger charge is 2.66. The van der Waals surface area contributed by atoms with E-state index in [9.17, 15) is 20.3 Å². The van der Waals surface area contributed by atoms with Gasteiger partial charge in [-0.05, 0) is 133 Å². The fraction of sp³-hybridized carbons (Fsp3) is 0.379. The summed E-state index contributed by atoms with van der Waals surface area (Å²) in [5.41, 5.74) is 6.19. The molecular weight excluding hydrogens is 915 g/mol. The molecule has 2 N–H and O–H groups in total. The third-order valence-corrected chi connectivity index (χ3v) is 14.8. The van der Waals surface area contributed by atoms with E-state index in [2.05, 4.69) is 43.0 Å². The van der Waals surface area contributed by atoms with Crippen molar-refractivity contribution in [3.63, 3.8) is 0 Å². The Hall–Kier alpha value is -7.00. The Kier molecular flexibility index (Phi) is 14.7. The van der Waals surface area contributed by atoms with Gasteiger partial charge in [0, 0.05) is 55.7 Å². The number of benzene rings is 5. The zero-order valence-electron chi connectivity index (χ0n) is 40.3. The average Bonchev–Trinajstić information content (AvgIpc) is 4.16. The first-order chi connectivity index (χ1) is 35.3. The molecule has 1 amide bonds. The summed E-state index contributed by atoms with van der Waals surface area (Å²) in [5.74, 6) is 0.740. The Balaban J connectivity index is 1.12. The summed E-state index contributed by atoms with van der Waals surface area (Å²) in [5, 5.41) is 36.6. The van der Waals surface area contributed by atoms with Crippen molar-refractivity contribution >= 4 is 17.3 Å². The Morgan fingerprint density at radius 3 is 2.28 bits per heavy atom. The molecule has 5 aliphatic rings. The van der Waals surface area contributed by atoms with Crippen molar-refractivity contribution in [2.24, 2.45) is 28.8 Å². The van der Waals surface area contributed by atoms with E-state index in [1.165, 1.54) is 12.1 Å². The van der Waals surface area contributed by atoms with Gasteiger partial charge in [0.2, 0.25) is 18.5 Å². The standard InChI is InChI=1S/C58H61N3O11/c1-2-30-69-58-54(60(57(64)42-17-18-42)35-39-16-26-52-53(31-39)68-37-67-52)34-50(59-70-36-38-14-21-44(22-15-38)61(65)66)48-32-43(12-6-8-28-62)47(13-7-9-29-63)55(56(48)58)49-33-46(25-27-51(49)72-58)71-45-23-19-41(20-24-45)40-10-4-3-5-11-40/h2-5,10-11,14-16,19-27,31-33,42-43,47,54-56,62-63H,1,6-9,12-13,17-18,28-30,34-37H2/t43-,47+,54-,55+,56+,58+/m0/s1. The number of amides is 1. The summed E-state index contributed by atoms with van der Waals surface area (Å²) >= 11 is 0. The molecule has 0 saturated heterocycles. The highest BCUT2D eigenvalue weighted by Crippen LogP contribution is 2.62. The molecule has 10 rings (SSSR count). The van der Waals surface area contributed by atoms with Crippen LogP contribution in [0.5, 0.6) is 28.7 Å². The predicted octanol–water partition coefficient (Wildman–Crippen LogP) is 11.1. The van der Waals surface area contributed by atoms with Gasteiger partial charge in [-0.1, -0.05) is 78.7 Å². The number of fused-ring (bicyclic) bond motifs is 3. The predicted molar refractivity (Wildman–Crippen MR) is 271 cm³/mol. The smallest absolute Gasteiger partial charge is 0.269 e. The van der Waals surface area contributed by atoms with Crippen LogP contribution in [0.25, 0.3) is 11.1 Å². The number of hydrogen-bond donors (Lipinski definition) is 2. The lowest BCUT2D eigenvalue weighted by atomic mass is 9.55. The van der Waals surface area contributed by atoms with Crippen molar-refractivity contribution in [1.29, 1.82) is 0 Å². The Morgan fingerprint density at radius 1 is 0.833 bits per heavy atom. The number of allylic oxidation sites excluding steroid dienone is 1. The molecular formula is C58H61N3O11. The first kappa shape index (κ1) is 48.6. The fourth-order valence-corrected chi connectivity index (χ4v) is 11.2. The van der Waals surface area contributed by atoms with E-state index in [-0.39, 0.29) is 81.5 Å². The molecule has 2 heterocycles. The van der Waals surface area contributed by atoms with Gasteiger partial charge in [-0.15, -0.1) is 6.58 Å². The molecule has 374 valence electrons. The minimum atomic E-state index is -1.46. The quantitative estimate of drug-likeness (QED) is 0.0293. The summed E-state index contributed by atoms with van der Waals surface area (Å²) in [6, 6.07) is 35.4. The largest absolute Gasteiger partial charge is 0.459 e. The maximum absolute atomic E-state index is 15.1. The number of oxime groups is 1. The lowest BCUT2D eigenvalue weighted by molar-refractivity contribution is -0.384. The molecule has 5 aromatic rings. The number of aliphatic hydroxyl groups excluding tert-OH is 2. The number of non-ortho nitro benzene ring substituents is 1. The molecule has 0 spiro atoms. The first-order valence-corrected chi connectivity index (χ1v) is 25.2. The van der Waals surface area contributed by atoms with Gasteiger partial charge in [0.05, 0.1) is 23.2 Å². The molecule has 2 fully saturated rings. The maximum atomic E-state index is 15.1. The second-order valence-electron chi connectivity index (χ2n) is 19.4. The minimum Gasteiger partial charge on any atom is -0.459 e. The van der Waals surface area contributed by atoms with Crippen LogP contribution < -0.4 is 18.9 Å². The molecule has 72 heavy (non-hydrogen) atoms. The van der Waals surface area contributed by atoms with E-state index in [0.29, 0.717) is 52.9 Å². The molecule has 14 nitrogen and oxygen atoms in total. The highest BCUT2D eigenvalue weighted by atomic mass is 16.7. The van der Waals surface area contributed by atoms with Crippen molar-refractivity contribution in [3.05, 3.63) is 166 Å². The number of carbonyl (C=O) groups excluding carboxylic acids is 1. The van der Waals surface area contributed by atoms with Gasteiger partial charge >= 0.3 is 0 Å². The normalized spacial score (nSPS) is 23.0. The number of carbonyl (C=O) groups is 1. The van der Waals surface area contributed by atoms with Gasteiger partial charge in [-0.2, -0.15) is 0 Å². The molecule has 0 unspecified atom stereocenters. The van der Waals surface area contributed by atoms with Crippen LogP contribution in [0.1, 0.15) is 80.4 Å². The molecule has 5 aromatic carbocycles. The Labute approximate surface area is 419 Å². The van der Waals surface area contributed by atoms with Crippen LogP contribution in [-0.4, -0.2) is 70.1 Å². The van der Waals surface area contributed by atoms with E-state index in [1.807, 2.05) is 65.6 Å². The second-order valence-corrected chi connectivity index (χ2v) is 19.4. The molecule has 0 radical (unpaired) electrons. The van der Waals surface area contributed by atoms with Gasteiger partial charge in [0.25, 0.3) is 5.69 Å². The fourth-order valence-electron chi connectivity index (χ4n) is 11.2. The molecule has 0 bridgehead atoms. The van der Waals surface area contributed by atoms with Crippen molar-refractivity contribution in [1.82, 2.24) is 4.90 Å². The number of nitrogens with zero attached hydrogens (tertiary/aromatic N) is 3. The van der Waals surface area contributed by atoms with Gasteiger partial charge in [0.1, 0.15) is 29.9 Å². The number of aliphatic hydroxyl groups is 2. The van der Waals surface area contributed by atoms with Gasteiger partial charge in [-0.25, -0.2) is 0 Å². The lowest BCUT2D eigenvalue weighted by Gasteiger charge is -2.60. The molecule has 6 atom stereocenters. The van der Waals surface area contributed by atoms with E-state index >= 15 is 4.79 Å². The molecule has 3 aliphatic carbocycles. The summed E-state index contributed by atoms with van der Waals surface area (Å²) < 4.78 is 32.9. The van der Waals surface area contributed by atoms with E-state index < -0.39 is 22.7 Å². The van der Waals surface area contributed by atoms with Crippen LogP contribution in [0, 0.1) is 33.8 Å². The zero-order valence-corrected chi connectivity index (χ0v) is 40.3. The lowest BCUT2D eigenvalue weighted by Crippen LogP contribution is -2.70. The van der Waals surface area contributed by atoms with Crippen LogP contribution in [0.4, 0.5) is 5.69 Å². The third kappa shape index (κ3) is 10.2. The molecule has 2 saturated carbocycles. The number of rotatable bonds is 22. The van der Waals surface area contributed by atoms with Crippen LogP contribution >= 0.6 is 0 Å². The van der Waals surface area contributed by atoms with Crippen LogP contribution in [0.2, 0.25) is 0 Å². The molecule has 14 heteroatoms. The summed E-state index contributed by atoms with van der Waals surface area (Å²) in [6.07, 6.45) is 10.2. The first-order valence-electron chi connectivity index (χ1n) is 25.2. The van der Waals surface area contributed by atoms with Crippen LogP contribution in [-0.2, 0) is 27.5 Å². The van der Waals surface area contributed by atoms with E-state index in [4.69, 9.17) is 33.7 Å². The summed E-state index contributed by atoms with van der Waals surface area (Å²) in [6.45, 7) is 4.73. The SMILES string of the molecule is C=CCO[C@@]12Oc3ccc(Oc4ccc(-c5ccccc5)cc4)cc3[C@H]3[C@H](CCCCO)[C@@H](CCCCO)C=C(C(=NOCc4ccc([N+](=O)[O-])cc4)C[C@@H]1N(Cc1ccc4c(c1)OCO4)C(=O)C1CC1)[C@H]32. The van der Waals surface area contributed by atoms with Crippen molar-refractivity contribution in [2.45, 2.75) is 88.7 Å². The van der Waals surface area contributed by atoms with E-state index in [0.717, 1.165) is 66.4 Å². The minimum absolute atomic E-state index is 0.00114. The summed E-state index contributed by atoms with van der Waals surface area (Å²) in [4.78, 5) is 34.3. The van der Waals surface area contributed by atoms with E-state index in [1.54, 1.807) is 18.2 Å². The zero-order chi connectivity index (χ0) is 49.6. The van der Waals surface area contributed by atoms with Gasteiger partial charge < -0.3 is 43.6 Å². The average molecular weight is 976 g/mol. The number of unbranched alkanes of at least 4 members (excludes halogenated alkanes) is 2. The monoisotopic (exact) mass is 975 g/mol. The number of hydrogen-bond acceptors (Lipinski definition) is 12. The van der Waals surface area contributed by atoms with Crippen molar-refractivity contribution < 1.29 is 48.5 Å². The van der Waals surface area contributed by atoms with Crippen molar-refractivity contribution in [3.8, 4) is 39.9 Å². The molecule has 0 aromatic heterocycles. The topological polar surface area (TPSA) is 172 Å². The Bertz CT molecular complexity index is 2790. The third-order valence-electron chi connectivity index (χ3n) is 14.8. The number of nitro groups is 1. The van der Waals surface area contributed by atoms with Gasteiger partial charge in [-0.3, -0.25) is 14.9 Å². The van der Waals surface area contributed by atoms with Crippen LogP contribution in [0.15, 0.2) is 145 Å². The number of nitro benzene ring substituents is 1. The summed E-state index contributed by atoms with van der Waals surface area (Å²) in [7, 11) is 0. The second kappa shape index (κ2) is 21.8. The van der Waals surface area contributed by atoms with Gasteiger partial charge in [0.15, 0.2) is 11.5 Å². The highest BCUT2D eigenvalue weighted by molar-refractivity contribution is 6.03. The number of ether oxygens (including phenoxy) is 5. The Morgan fingerprint density at radius 2 is 1.54 bits per heavy atom. The molecule has 2 aliphatic heterocycles.